The van der Waals surface area contributed by atoms with Gasteiger partial charge in [-0.15, -0.1) is 0 Å². The maximum Gasteiger partial charge on any atom is 0.274 e. The number of rotatable bonds is 6. The van der Waals surface area contributed by atoms with Crippen molar-refractivity contribution < 1.29 is 19.1 Å². The van der Waals surface area contributed by atoms with E-state index in [0.717, 1.165) is 0 Å². The van der Waals surface area contributed by atoms with Gasteiger partial charge in [-0.2, -0.15) is 0 Å². The van der Waals surface area contributed by atoms with E-state index in [0.29, 0.717) is 34.0 Å². The van der Waals surface area contributed by atoms with Gasteiger partial charge in [0, 0.05) is 17.6 Å². The number of hydrogen-bond donors (Lipinski definition) is 2. The molecule has 0 spiro atoms. The van der Waals surface area contributed by atoms with Gasteiger partial charge >= 0.3 is 0 Å². The van der Waals surface area contributed by atoms with Gasteiger partial charge in [0.15, 0.2) is 0 Å². The minimum atomic E-state index is -0.352. The van der Waals surface area contributed by atoms with Crippen LogP contribution in [0, 0.1) is 6.92 Å². The quantitative estimate of drug-likeness (QED) is 0.665. The van der Waals surface area contributed by atoms with Gasteiger partial charge in [-0.25, -0.2) is 4.98 Å². The molecule has 3 rings (SSSR count). The Morgan fingerprint density at radius 2 is 1.28 bits per heavy atom. The van der Waals surface area contributed by atoms with Crippen LogP contribution in [0.5, 0.6) is 11.5 Å². The maximum absolute atomic E-state index is 12.5. The van der Waals surface area contributed by atoms with Crippen LogP contribution in [0.2, 0.25) is 0 Å². The first-order chi connectivity index (χ1) is 14.0. The molecule has 148 valence electrons. The molecule has 0 unspecified atom stereocenters. The van der Waals surface area contributed by atoms with Gasteiger partial charge in [0.2, 0.25) is 0 Å². The Bertz CT molecular complexity index is 1020. The van der Waals surface area contributed by atoms with Crippen LogP contribution in [-0.2, 0) is 0 Å². The van der Waals surface area contributed by atoms with E-state index in [4.69, 9.17) is 9.47 Å². The van der Waals surface area contributed by atoms with Gasteiger partial charge in [0.1, 0.15) is 17.2 Å². The molecule has 2 N–H and O–H groups in total. The fourth-order valence-corrected chi connectivity index (χ4v) is 2.68. The zero-order chi connectivity index (χ0) is 20.8. The lowest BCUT2D eigenvalue weighted by atomic mass is 10.1. The molecule has 0 aliphatic rings. The summed E-state index contributed by atoms with van der Waals surface area (Å²) in [4.78, 5) is 29.1. The van der Waals surface area contributed by atoms with Crippen molar-refractivity contribution in [1.82, 2.24) is 4.98 Å². The predicted octanol–water partition coefficient (Wildman–Crippen LogP) is 3.91. The molecule has 1 heterocycles. The highest BCUT2D eigenvalue weighted by molar-refractivity contribution is 6.06. The lowest BCUT2D eigenvalue weighted by molar-refractivity contribution is 0.101. The lowest BCUT2D eigenvalue weighted by Gasteiger charge is -2.10. The molecule has 29 heavy (non-hydrogen) atoms. The normalized spacial score (nSPS) is 10.2. The molecule has 0 aliphatic heterocycles. The Morgan fingerprint density at radius 1 is 0.793 bits per heavy atom. The first kappa shape index (κ1) is 19.9. The molecule has 0 atom stereocenters. The highest BCUT2D eigenvalue weighted by atomic mass is 16.5. The van der Waals surface area contributed by atoms with Crippen molar-refractivity contribution in [1.29, 1.82) is 0 Å². The molecule has 0 radical (unpaired) electrons. The molecule has 0 aliphatic carbocycles. The van der Waals surface area contributed by atoms with Crippen LogP contribution in [0.4, 0.5) is 11.4 Å². The van der Waals surface area contributed by atoms with Crippen molar-refractivity contribution in [3.05, 3.63) is 77.6 Å². The van der Waals surface area contributed by atoms with Gasteiger partial charge in [-0.05, 0) is 67.1 Å². The number of nitrogens with zero attached hydrogens (tertiary/aromatic N) is 1. The molecule has 1 aromatic heterocycles. The van der Waals surface area contributed by atoms with Gasteiger partial charge in [-0.1, -0.05) is 0 Å². The Balaban J connectivity index is 1.69. The fourth-order valence-electron chi connectivity index (χ4n) is 2.68. The van der Waals surface area contributed by atoms with Crippen molar-refractivity contribution in [2.75, 3.05) is 24.9 Å². The van der Waals surface area contributed by atoms with Crippen molar-refractivity contribution >= 4 is 23.2 Å². The number of ether oxygens (including phenoxy) is 2. The van der Waals surface area contributed by atoms with Crippen LogP contribution in [0.25, 0.3) is 0 Å². The van der Waals surface area contributed by atoms with Gasteiger partial charge in [-0.3, -0.25) is 9.59 Å². The average molecular weight is 391 g/mol. The first-order valence-electron chi connectivity index (χ1n) is 8.87. The number of carbonyl (C=O) groups is 2. The lowest BCUT2D eigenvalue weighted by Crippen LogP contribution is -2.17. The number of amides is 2. The molecule has 7 nitrogen and oxygen atoms in total. The Kier molecular flexibility index (Phi) is 6.09. The molecular formula is C22H21N3O4. The highest BCUT2D eigenvalue weighted by Crippen LogP contribution is 2.18. The van der Waals surface area contributed by atoms with E-state index < -0.39 is 0 Å². The van der Waals surface area contributed by atoms with E-state index in [1.165, 1.54) is 6.20 Å². The van der Waals surface area contributed by atoms with Crippen molar-refractivity contribution in [2.45, 2.75) is 6.92 Å². The molecule has 0 bridgehead atoms. The van der Waals surface area contributed by atoms with Crippen molar-refractivity contribution in [2.24, 2.45) is 0 Å². The summed E-state index contributed by atoms with van der Waals surface area (Å²) in [6, 6.07) is 15.6. The number of carbonyl (C=O) groups excluding carboxylic acids is 2. The third kappa shape index (κ3) is 4.90. The summed E-state index contributed by atoms with van der Waals surface area (Å²) in [5.74, 6) is 0.736. The number of benzene rings is 2. The highest BCUT2D eigenvalue weighted by Gasteiger charge is 2.15. The largest absolute Gasteiger partial charge is 0.497 e. The topological polar surface area (TPSA) is 89.5 Å². The van der Waals surface area contributed by atoms with E-state index in [1.54, 1.807) is 75.7 Å². The molecule has 2 aromatic carbocycles. The van der Waals surface area contributed by atoms with Crippen LogP contribution in [0.15, 0.2) is 60.8 Å². The third-order valence-electron chi connectivity index (χ3n) is 4.25. The summed E-state index contributed by atoms with van der Waals surface area (Å²) >= 11 is 0. The summed E-state index contributed by atoms with van der Waals surface area (Å²) in [7, 11) is 3.15. The number of nitrogens with one attached hydrogen (secondary N) is 2. The Hall–Kier alpha value is -3.87. The standard InChI is InChI=1S/C22H21N3O4/c1-14-12-15(21(26)24-16-4-8-18(28-2)9-5-16)13-23-20(14)22(27)25-17-6-10-19(29-3)11-7-17/h4-13H,1-3H3,(H,24,26)(H,25,27). The number of methoxy groups -OCH3 is 2. The molecule has 0 saturated carbocycles. The minimum Gasteiger partial charge on any atom is -0.497 e. The van der Waals surface area contributed by atoms with Crippen molar-refractivity contribution in [3.63, 3.8) is 0 Å². The van der Waals surface area contributed by atoms with Crippen molar-refractivity contribution in [3.8, 4) is 11.5 Å². The van der Waals surface area contributed by atoms with Crippen LogP contribution in [0.1, 0.15) is 26.4 Å². The molecule has 3 aromatic rings. The fraction of sp³-hybridized carbons (Fsp3) is 0.136. The van der Waals surface area contributed by atoms with E-state index in [1.807, 2.05) is 0 Å². The smallest absolute Gasteiger partial charge is 0.274 e. The third-order valence-corrected chi connectivity index (χ3v) is 4.25. The molecular weight excluding hydrogens is 370 g/mol. The van der Waals surface area contributed by atoms with Crippen LogP contribution < -0.4 is 20.1 Å². The summed E-state index contributed by atoms with van der Waals surface area (Å²) in [6.07, 6.45) is 1.38. The maximum atomic E-state index is 12.5. The zero-order valence-corrected chi connectivity index (χ0v) is 16.4. The number of aromatic nitrogens is 1. The SMILES string of the molecule is COc1ccc(NC(=O)c2cnc(C(=O)Nc3ccc(OC)cc3)c(C)c2)cc1. The zero-order valence-electron chi connectivity index (χ0n) is 16.4. The number of aryl methyl sites for hydroxylation is 1. The molecule has 2 amide bonds. The summed E-state index contributed by atoms with van der Waals surface area (Å²) in [6.45, 7) is 1.74. The van der Waals surface area contributed by atoms with Crippen LogP contribution in [-0.4, -0.2) is 31.0 Å². The van der Waals surface area contributed by atoms with Gasteiger partial charge in [0.05, 0.1) is 19.8 Å². The number of hydrogen-bond acceptors (Lipinski definition) is 5. The Morgan fingerprint density at radius 3 is 1.72 bits per heavy atom. The van der Waals surface area contributed by atoms with E-state index in [9.17, 15) is 9.59 Å². The van der Waals surface area contributed by atoms with Gasteiger partial charge in [0.25, 0.3) is 11.8 Å². The summed E-state index contributed by atoms with van der Waals surface area (Å²) < 4.78 is 10.2. The second-order valence-electron chi connectivity index (χ2n) is 6.25. The first-order valence-corrected chi connectivity index (χ1v) is 8.87. The molecule has 0 fully saturated rings. The average Bonchev–Trinajstić information content (AvgIpc) is 2.74. The van der Waals surface area contributed by atoms with E-state index >= 15 is 0 Å². The second-order valence-corrected chi connectivity index (χ2v) is 6.25. The minimum absolute atomic E-state index is 0.252. The number of anilines is 2. The van der Waals surface area contributed by atoms with Gasteiger partial charge < -0.3 is 20.1 Å². The Labute approximate surface area is 168 Å². The summed E-state index contributed by atoms with van der Waals surface area (Å²) in [5.41, 5.74) is 2.47. The van der Waals surface area contributed by atoms with E-state index in [-0.39, 0.29) is 17.5 Å². The molecule has 0 saturated heterocycles. The monoisotopic (exact) mass is 391 g/mol. The van der Waals surface area contributed by atoms with Crippen LogP contribution >= 0.6 is 0 Å². The number of pyridine rings is 1. The van der Waals surface area contributed by atoms with Crippen LogP contribution in [0.3, 0.4) is 0 Å². The molecule has 7 heteroatoms. The second kappa shape index (κ2) is 8.88. The van der Waals surface area contributed by atoms with E-state index in [2.05, 4.69) is 15.6 Å². The summed E-state index contributed by atoms with van der Waals surface area (Å²) in [5, 5.41) is 5.57. The predicted molar refractivity (Wildman–Crippen MR) is 111 cm³/mol.